The van der Waals surface area contributed by atoms with Crippen molar-refractivity contribution in [2.45, 2.75) is 11.0 Å². The molecule has 2 rings (SSSR count). The van der Waals surface area contributed by atoms with Crippen molar-refractivity contribution in [1.82, 2.24) is 4.72 Å². The molecule has 0 spiro atoms. The number of carbonyl (C=O) groups excluding carboxylic acids is 1. The second kappa shape index (κ2) is 9.10. The van der Waals surface area contributed by atoms with Crippen molar-refractivity contribution in [3.63, 3.8) is 0 Å². The Hall–Kier alpha value is -1.98. The lowest BCUT2D eigenvalue weighted by Crippen LogP contribution is -2.30. The Labute approximate surface area is 155 Å². The van der Waals surface area contributed by atoms with Gasteiger partial charge in [-0.2, -0.15) is 0 Å². The molecule has 1 unspecified atom stereocenters. The van der Waals surface area contributed by atoms with Crippen molar-refractivity contribution in [1.29, 1.82) is 0 Å². The number of aliphatic hydroxyl groups is 1. The third kappa shape index (κ3) is 5.02. The number of hydrogen-bond donors (Lipinski definition) is 3. The molecule has 0 aliphatic heterocycles. The van der Waals surface area contributed by atoms with E-state index in [1.54, 1.807) is 0 Å². The smallest absolute Gasteiger partial charge is 0.252 e. The van der Waals surface area contributed by atoms with Crippen LogP contribution < -0.4 is 15.2 Å². The molecule has 0 fully saturated rings. The average molecular weight is 400 g/mol. The first-order chi connectivity index (χ1) is 12.4. The first-order valence-electron chi connectivity index (χ1n) is 7.62. The van der Waals surface area contributed by atoms with Gasteiger partial charge in [-0.25, -0.2) is 13.1 Å². The highest BCUT2D eigenvalue weighted by atomic mass is 32.2. The molecule has 0 radical (unpaired) electrons. The van der Waals surface area contributed by atoms with E-state index in [1.165, 1.54) is 30.6 Å². The molecular formula is C16H20N2O6S2. The van der Waals surface area contributed by atoms with E-state index in [-0.39, 0.29) is 36.0 Å². The van der Waals surface area contributed by atoms with E-state index < -0.39 is 22.0 Å². The zero-order chi connectivity index (χ0) is 19.2. The lowest BCUT2D eigenvalue weighted by molar-refractivity contribution is 0.0328. The second-order valence-corrected chi connectivity index (χ2v) is 7.92. The topological polar surface area (TPSA) is 128 Å². The van der Waals surface area contributed by atoms with Gasteiger partial charge in [0.15, 0.2) is 0 Å². The van der Waals surface area contributed by atoms with Crippen LogP contribution in [-0.4, -0.2) is 46.3 Å². The number of rotatable bonds is 10. The van der Waals surface area contributed by atoms with Crippen LogP contribution in [0.15, 0.2) is 40.6 Å². The average Bonchev–Trinajstić information content (AvgIpc) is 3.15. The number of methoxy groups -OCH3 is 1. The fourth-order valence-corrected chi connectivity index (χ4v) is 4.06. The Balaban J connectivity index is 2.19. The van der Waals surface area contributed by atoms with E-state index in [0.717, 1.165) is 10.9 Å². The largest absolute Gasteiger partial charge is 0.496 e. The number of aliphatic hydroxyl groups excluding tert-OH is 1. The van der Waals surface area contributed by atoms with Crippen LogP contribution in [0.1, 0.15) is 21.3 Å². The van der Waals surface area contributed by atoms with Crippen LogP contribution in [0, 0.1) is 0 Å². The fraction of sp³-hybridized carbons (Fsp3) is 0.312. The van der Waals surface area contributed by atoms with Gasteiger partial charge in [-0.15, -0.1) is 11.3 Å². The molecule has 0 aliphatic rings. The highest BCUT2D eigenvalue weighted by Crippen LogP contribution is 2.24. The number of amides is 1. The molecule has 0 aliphatic carbocycles. The minimum absolute atomic E-state index is 0.0262. The van der Waals surface area contributed by atoms with Gasteiger partial charge in [0.05, 0.1) is 30.8 Å². The molecule has 4 N–H and O–H groups in total. The van der Waals surface area contributed by atoms with E-state index in [0.29, 0.717) is 0 Å². The number of ether oxygens (including phenoxy) is 2. The standard InChI is InChI=1S/C16H20N2O6S2/c1-23-13-5-4-11(9-12(13)16(17)20)26(21,22)18-10-14(24-7-6-19)15-3-2-8-25-15/h2-5,8-9,14,18-19H,6-7,10H2,1H3,(H2,17,20). The molecule has 2 aromatic rings. The SMILES string of the molecule is COc1ccc(S(=O)(=O)NCC(OCCO)c2cccs2)cc1C(N)=O. The maximum atomic E-state index is 12.5. The molecule has 10 heteroatoms. The molecule has 26 heavy (non-hydrogen) atoms. The molecule has 1 amide bonds. The predicted octanol–water partition coefficient (Wildman–Crippen LogP) is 0.884. The first-order valence-corrected chi connectivity index (χ1v) is 9.98. The van der Waals surface area contributed by atoms with Crippen LogP contribution in [0.4, 0.5) is 0 Å². The zero-order valence-electron chi connectivity index (χ0n) is 14.0. The van der Waals surface area contributed by atoms with Gasteiger partial charge in [0.25, 0.3) is 5.91 Å². The number of sulfonamides is 1. The summed E-state index contributed by atoms with van der Waals surface area (Å²) in [6, 6.07) is 7.50. The summed E-state index contributed by atoms with van der Waals surface area (Å²) >= 11 is 1.42. The van der Waals surface area contributed by atoms with E-state index in [2.05, 4.69) is 4.72 Å². The van der Waals surface area contributed by atoms with Crippen LogP contribution >= 0.6 is 11.3 Å². The van der Waals surface area contributed by atoms with Crippen molar-refractivity contribution in [3.8, 4) is 5.75 Å². The lowest BCUT2D eigenvalue weighted by atomic mass is 10.2. The van der Waals surface area contributed by atoms with Crippen molar-refractivity contribution in [3.05, 3.63) is 46.2 Å². The van der Waals surface area contributed by atoms with Crippen LogP contribution in [-0.2, 0) is 14.8 Å². The van der Waals surface area contributed by atoms with Crippen LogP contribution in [0.2, 0.25) is 0 Å². The molecule has 0 saturated carbocycles. The quantitative estimate of drug-likeness (QED) is 0.543. The fourth-order valence-electron chi connectivity index (χ4n) is 2.23. The Kier molecular flexibility index (Phi) is 7.12. The summed E-state index contributed by atoms with van der Waals surface area (Å²) in [5.74, 6) is -0.596. The van der Waals surface area contributed by atoms with E-state index >= 15 is 0 Å². The van der Waals surface area contributed by atoms with Crippen molar-refractivity contribution in [2.75, 3.05) is 26.9 Å². The van der Waals surface area contributed by atoms with Crippen molar-refractivity contribution in [2.24, 2.45) is 5.73 Å². The number of primary amides is 1. The lowest BCUT2D eigenvalue weighted by Gasteiger charge is -2.17. The summed E-state index contributed by atoms with van der Waals surface area (Å²) in [6.07, 6.45) is -0.536. The maximum Gasteiger partial charge on any atom is 0.252 e. The number of benzene rings is 1. The minimum Gasteiger partial charge on any atom is -0.496 e. The van der Waals surface area contributed by atoms with Crippen molar-refractivity contribution >= 4 is 27.3 Å². The monoisotopic (exact) mass is 400 g/mol. The minimum atomic E-state index is -3.90. The number of carbonyl (C=O) groups is 1. The van der Waals surface area contributed by atoms with Crippen LogP contribution in [0.3, 0.4) is 0 Å². The molecule has 0 saturated heterocycles. The van der Waals surface area contributed by atoms with Gasteiger partial charge in [0.1, 0.15) is 11.9 Å². The molecule has 8 nitrogen and oxygen atoms in total. The highest BCUT2D eigenvalue weighted by molar-refractivity contribution is 7.89. The number of nitrogens with two attached hydrogens (primary N) is 1. The Bertz CT molecular complexity index is 836. The molecule has 1 atom stereocenters. The molecule has 142 valence electrons. The number of nitrogens with one attached hydrogen (secondary N) is 1. The predicted molar refractivity (Wildman–Crippen MR) is 96.8 cm³/mol. The van der Waals surface area contributed by atoms with Gasteiger partial charge in [0.2, 0.25) is 10.0 Å². The van der Waals surface area contributed by atoms with Gasteiger partial charge < -0.3 is 20.3 Å². The van der Waals surface area contributed by atoms with E-state index in [4.69, 9.17) is 20.3 Å². The van der Waals surface area contributed by atoms with Gasteiger partial charge in [-0.1, -0.05) is 6.07 Å². The second-order valence-electron chi connectivity index (χ2n) is 5.18. The van der Waals surface area contributed by atoms with Gasteiger partial charge in [-0.3, -0.25) is 4.79 Å². The summed E-state index contributed by atoms with van der Waals surface area (Å²) in [5, 5.41) is 10.8. The summed E-state index contributed by atoms with van der Waals surface area (Å²) < 4.78 is 38.1. The number of hydrogen-bond acceptors (Lipinski definition) is 7. The van der Waals surface area contributed by atoms with E-state index in [1.807, 2.05) is 17.5 Å². The van der Waals surface area contributed by atoms with Gasteiger partial charge in [-0.05, 0) is 29.6 Å². The zero-order valence-corrected chi connectivity index (χ0v) is 15.7. The maximum absolute atomic E-state index is 12.5. The summed E-state index contributed by atoms with van der Waals surface area (Å²) in [4.78, 5) is 12.2. The summed E-state index contributed by atoms with van der Waals surface area (Å²) in [7, 11) is -2.54. The summed E-state index contributed by atoms with van der Waals surface area (Å²) in [6.45, 7) is -0.117. The van der Waals surface area contributed by atoms with Crippen LogP contribution in [0.5, 0.6) is 5.75 Å². The Morgan fingerprint density at radius 1 is 1.38 bits per heavy atom. The van der Waals surface area contributed by atoms with Gasteiger partial charge in [0, 0.05) is 11.4 Å². The third-order valence-corrected chi connectivity index (χ3v) is 5.86. The van der Waals surface area contributed by atoms with Crippen molar-refractivity contribution < 1.29 is 27.8 Å². The molecule has 1 aromatic heterocycles. The third-order valence-electron chi connectivity index (χ3n) is 3.48. The number of thiophene rings is 1. The summed E-state index contributed by atoms with van der Waals surface area (Å²) in [5.41, 5.74) is 5.24. The Morgan fingerprint density at radius 2 is 2.15 bits per heavy atom. The molecular weight excluding hydrogens is 380 g/mol. The molecule has 1 heterocycles. The molecule has 1 aromatic carbocycles. The highest BCUT2D eigenvalue weighted by Gasteiger charge is 2.21. The van der Waals surface area contributed by atoms with Crippen LogP contribution in [0.25, 0.3) is 0 Å². The van der Waals surface area contributed by atoms with E-state index in [9.17, 15) is 13.2 Å². The van der Waals surface area contributed by atoms with Gasteiger partial charge >= 0.3 is 0 Å². The first kappa shape index (κ1) is 20.3. The molecule has 0 bridgehead atoms. The normalized spacial score (nSPS) is 12.7. The Morgan fingerprint density at radius 3 is 2.73 bits per heavy atom.